The molecule has 0 saturated carbocycles. The summed E-state index contributed by atoms with van der Waals surface area (Å²) in [6.07, 6.45) is 3.46. The van der Waals surface area contributed by atoms with Gasteiger partial charge in [-0.1, -0.05) is 13.8 Å². The van der Waals surface area contributed by atoms with Crippen LogP contribution in [-0.4, -0.2) is 42.1 Å². The number of aromatic nitrogens is 1. The second kappa shape index (κ2) is 5.27. The molecule has 2 heterocycles. The van der Waals surface area contributed by atoms with E-state index in [1.54, 1.807) is 6.20 Å². The summed E-state index contributed by atoms with van der Waals surface area (Å²) in [6.45, 7) is 6.79. The highest BCUT2D eigenvalue weighted by Gasteiger charge is 2.19. The summed E-state index contributed by atoms with van der Waals surface area (Å²) in [5.41, 5.74) is 1.78. The van der Waals surface area contributed by atoms with Crippen LogP contribution in [0.15, 0.2) is 18.5 Å². The molecule has 0 bridgehead atoms. The van der Waals surface area contributed by atoms with E-state index in [4.69, 9.17) is 4.74 Å². The van der Waals surface area contributed by atoms with Crippen molar-refractivity contribution in [2.45, 2.75) is 19.8 Å². The van der Waals surface area contributed by atoms with Gasteiger partial charge >= 0.3 is 0 Å². The lowest BCUT2D eigenvalue weighted by atomic mass is 10.0. The van der Waals surface area contributed by atoms with Gasteiger partial charge in [0.15, 0.2) is 0 Å². The van der Waals surface area contributed by atoms with Crippen LogP contribution in [-0.2, 0) is 4.74 Å². The van der Waals surface area contributed by atoms with Crippen molar-refractivity contribution in [2.24, 2.45) is 0 Å². The van der Waals surface area contributed by atoms with Crippen LogP contribution in [0.5, 0.6) is 0 Å². The molecular weight excluding hydrogens is 216 g/mol. The molecule has 0 radical (unpaired) electrons. The Morgan fingerprint density at radius 3 is 2.71 bits per heavy atom. The molecule has 1 aromatic rings. The van der Waals surface area contributed by atoms with E-state index < -0.39 is 0 Å². The summed E-state index contributed by atoms with van der Waals surface area (Å²) in [5, 5.41) is 0. The molecule has 0 aromatic carbocycles. The Bertz CT molecular complexity index is 398. The molecular formula is C13H18N2O2. The molecule has 1 saturated heterocycles. The molecule has 0 unspecified atom stereocenters. The zero-order chi connectivity index (χ0) is 12.3. The van der Waals surface area contributed by atoms with Crippen LogP contribution in [0.25, 0.3) is 0 Å². The average Bonchev–Trinajstić information content (AvgIpc) is 2.39. The minimum absolute atomic E-state index is 0.0586. The summed E-state index contributed by atoms with van der Waals surface area (Å²) in [7, 11) is 0. The predicted octanol–water partition coefficient (Wildman–Crippen LogP) is 1.68. The first-order valence-corrected chi connectivity index (χ1v) is 6.00. The van der Waals surface area contributed by atoms with Gasteiger partial charge in [0.1, 0.15) is 0 Å². The summed E-state index contributed by atoms with van der Waals surface area (Å²) in [5.74, 6) is 0.447. The van der Waals surface area contributed by atoms with Crippen LogP contribution in [0.1, 0.15) is 35.7 Å². The molecule has 92 valence electrons. The SMILES string of the molecule is CC(C)c1cncc(C(=O)N2CCOCC2)c1. The molecule has 1 amide bonds. The Labute approximate surface area is 102 Å². The van der Waals surface area contributed by atoms with E-state index in [-0.39, 0.29) is 5.91 Å². The third kappa shape index (κ3) is 2.82. The Morgan fingerprint density at radius 1 is 1.35 bits per heavy atom. The molecule has 4 nitrogen and oxygen atoms in total. The van der Waals surface area contributed by atoms with E-state index >= 15 is 0 Å². The van der Waals surface area contributed by atoms with Gasteiger partial charge < -0.3 is 9.64 Å². The summed E-state index contributed by atoms with van der Waals surface area (Å²) >= 11 is 0. The lowest BCUT2D eigenvalue weighted by Gasteiger charge is -2.26. The standard InChI is InChI=1S/C13H18N2O2/c1-10(2)11-7-12(9-14-8-11)13(16)15-3-5-17-6-4-15/h7-10H,3-6H2,1-2H3. The van der Waals surface area contributed by atoms with Gasteiger partial charge in [0.2, 0.25) is 0 Å². The minimum Gasteiger partial charge on any atom is -0.378 e. The normalized spacial score (nSPS) is 16.3. The maximum atomic E-state index is 12.2. The third-order valence-corrected chi connectivity index (χ3v) is 2.97. The number of morpholine rings is 1. The second-order valence-corrected chi connectivity index (χ2v) is 4.57. The quantitative estimate of drug-likeness (QED) is 0.782. The predicted molar refractivity (Wildman–Crippen MR) is 65.0 cm³/mol. The number of pyridine rings is 1. The van der Waals surface area contributed by atoms with Gasteiger partial charge in [-0.15, -0.1) is 0 Å². The molecule has 1 aliphatic heterocycles. The van der Waals surface area contributed by atoms with Crippen molar-refractivity contribution < 1.29 is 9.53 Å². The first kappa shape index (κ1) is 12.0. The van der Waals surface area contributed by atoms with Crippen molar-refractivity contribution in [2.75, 3.05) is 26.3 Å². The van der Waals surface area contributed by atoms with Crippen LogP contribution in [0.4, 0.5) is 0 Å². The maximum Gasteiger partial charge on any atom is 0.255 e. The second-order valence-electron chi connectivity index (χ2n) is 4.57. The molecule has 0 atom stereocenters. The molecule has 4 heteroatoms. The van der Waals surface area contributed by atoms with E-state index in [9.17, 15) is 4.79 Å². The van der Waals surface area contributed by atoms with Crippen LogP contribution >= 0.6 is 0 Å². The molecule has 1 fully saturated rings. The van der Waals surface area contributed by atoms with E-state index in [1.165, 1.54) is 0 Å². The monoisotopic (exact) mass is 234 g/mol. The summed E-state index contributed by atoms with van der Waals surface area (Å²) in [6, 6.07) is 1.94. The van der Waals surface area contributed by atoms with Gasteiger partial charge in [-0.2, -0.15) is 0 Å². The smallest absolute Gasteiger partial charge is 0.255 e. The highest BCUT2D eigenvalue weighted by atomic mass is 16.5. The van der Waals surface area contributed by atoms with Crippen molar-refractivity contribution in [3.8, 4) is 0 Å². The zero-order valence-electron chi connectivity index (χ0n) is 10.3. The minimum atomic E-state index is 0.0586. The van der Waals surface area contributed by atoms with E-state index in [1.807, 2.05) is 17.2 Å². The number of ether oxygens (including phenoxy) is 1. The van der Waals surface area contributed by atoms with Gasteiger partial charge in [-0.3, -0.25) is 9.78 Å². The number of carbonyl (C=O) groups excluding carboxylic acids is 1. The van der Waals surface area contributed by atoms with Crippen molar-refractivity contribution in [1.82, 2.24) is 9.88 Å². The van der Waals surface area contributed by atoms with Crippen LogP contribution in [0.2, 0.25) is 0 Å². The van der Waals surface area contributed by atoms with Crippen molar-refractivity contribution >= 4 is 5.91 Å². The molecule has 0 spiro atoms. The number of hydrogen-bond donors (Lipinski definition) is 0. The number of rotatable bonds is 2. The van der Waals surface area contributed by atoms with Crippen LogP contribution < -0.4 is 0 Å². The zero-order valence-corrected chi connectivity index (χ0v) is 10.3. The lowest BCUT2D eigenvalue weighted by molar-refractivity contribution is 0.0302. The van der Waals surface area contributed by atoms with Gasteiger partial charge in [-0.25, -0.2) is 0 Å². The van der Waals surface area contributed by atoms with Gasteiger partial charge in [0.05, 0.1) is 18.8 Å². The topological polar surface area (TPSA) is 42.4 Å². The maximum absolute atomic E-state index is 12.2. The first-order valence-electron chi connectivity index (χ1n) is 6.00. The third-order valence-electron chi connectivity index (χ3n) is 2.97. The summed E-state index contributed by atoms with van der Waals surface area (Å²) < 4.78 is 5.24. The van der Waals surface area contributed by atoms with Gasteiger partial charge in [0, 0.05) is 25.5 Å². The number of hydrogen-bond acceptors (Lipinski definition) is 3. The van der Waals surface area contributed by atoms with Crippen LogP contribution in [0, 0.1) is 0 Å². The number of nitrogens with zero attached hydrogens (tertiary/aromatic N) is 2. The van der Waals surface area contributed by atoms with E-state index in [2.05, 4.69) is 18.8 Å². The number of carbonyl (C=O) groups is 1. The molecule has 17 heavy (non-hydrogen) atoms. The largest absolute Gasteiger partial charge is 0.378 e. The fraction of sp³-hybridized carbons (Fsp3) is 0.538. The summed E-state index contributed by atoms with van der Waals surface area (Å²) in [4.78, 5) is 18.2. The van der Waals surface area contributed by atoms with Crippen molar-refractivity contribution in [1.29, 1.82) is 0 Å². The molecule has 2 rings (SSSR count). The highest BCUT2D eigenvalue weighted by molar-refractivity contribution is 5.94. The van der Waals surface area contributed by atoms with E-state index in [0.717, 1.165) is 5.56 Å². The van der Waals surface area contributed by atoms with E-state index in [0.29, 0.717) is 37.8 Å². The fourth-order valence-corrected chi connectivity index (χ4v) is 1.84. The van der Waals surface area contributed by atoms with Crippen molar-refractivity contribution in [3.05, 3.63) is 29.6 Å². The molecule has 1 aliphatic rings. The van der Waals surface area contributed by atoms with Gasteiger partial charge in [0.25, 0.3) is 5.91 Å². The Morgan fingerprint density at radius 2 is 2.06 bits per heavy atom. The fourth-order valence-electron chi connectivity index (χ4n) is 1.84. The van der Waals surface area contributed by atoms with Crippen LogP contribution in [0.3, 0.4) is 0 Å². The Balaban J connectivity index is 2.15. The Hall–Kier alpha value is -1.42. The molecule has 0 aliphatic carbocycles. The first-order chi connectivity index (χ1) is 8.18. The Kier molecular flexibility index (Phi) is 3.74. The molecule has 0 N–H and O–H groups in total. The molecule has 1 aromatic heterocycles. The number of amides is 1. The van der Waals surface area contributed by atoms with Crippen molar-refractivity contribution in [3.63, 3.8) is 0 Å². The average molecular weight is 234 g/mol. The highest BCUT2D eigenvalue weighted by Crippen LogP contribution is 2.15. The van der Waals surface area contributed by atoms with Gasteiger partial charge in [-0.05, 0) is 17.5 Å². The lowest BCUT2D eigenvalue weighted by Crippen LogP contribution is -2.40.